The van der Waals surface area contributed by atoms with Crippen molar-refractivity contribution < 1.29 is 14.3 Å². The highest BCUT2D eigenvalue weighted by Gasteiger charge is 2.08. The molecular formula is C14H21N3O3. The van der Waals surface area contributed by atoms with Crippen LogP contribution in [0.5, 0.6) is 0 Å². The van der Waals surface area contributed by atoms with E-state index < -0.39 is 18.0 Å². The number of unbranched alkanes of at least 4 members (excludes halogenated alkanes) is 1. The van der Waals surface area contributed by atoms with Crippen molar-refractivity contribution in [3.8, 4) is 0 Å². The fraction of sp³-hybridized carbons (Fsp3) is 0.429. The molecule has 1 aromatic carbocycles. The molecule has 1 atom stereocenters. The number of hydrogen-bond donors (Lipinski definition) is 3. The summed E-state index contributed by atoms with van der Waals surface area (Å²) in [6, 6.07) is 8.84. The minimum absolute atomic E-state index is 0.249. The monoisotopic (exact) mass is 279 g/mol. The van der Waals surface area contributed by atoms with Crippen LogP contribution in [0.4, 0.5) is 4.79 Å². The van der Waals surface area contributed by atoms with Crippen molar-refractivity contribution in [1.29, 1.82) is 0 Å². The maximum atomic E-state index is 11.4. The second-order valence-electron chi connectivity index (χ2n) is 4.49. The molecule has 0 saturated heterocycles. The molecule has 0 bridgehead atoms. The minimum Gasteiger partial charge on any atom is -0.445 e. The standard InChI is InChI=1S/C14H21N3O3/c15-12(13(16)18)8-4-5-9-17-14(19)20-10-11-6-2-1-3-7-11/h1-3,6-7,12H,4-5,8-10,15H2,(H2,16,18)(H,17,19)/t12-/m1/s1. The van der Waals surface area contributed by atoms with Crippen LogP contribution in [0.2, 0.25) is 0 Å². The van der Waals surface area contributed by atoms with E-state index in [0.717, 1.165) is 18.4 Å². The Morgan fingerprint density at radius 3 is 2.55 bits per heavy atom. The largest absolute Gasteiger partial charge is 0.445 e. The van der Waals surface area contributed by atoms with Gasteiger partial charge in [0.25, 0.3) is 0 Å². The van der Waals surface area contributed by atoms with Gasteiger partial charge in [0.15, 0.2) is 0 Å². The van der Waals surface area contributed by atoms with Crippen LogP contribution >= 0.6 is 0 Å². The van der Waals surface area contributed by atoms with Gasteiger partial charge in [-0.15, -0.1) is 0 Å². The van der Waals surface area contributed by atoms with Gasteiger partial charge in [0, 0.05) is 6.54 Å². The van der Waals surface area contributed by atoms with Crippen LogP contribution in [0.25, 0.3) is 0 Å². The van der Waals surface area contributed by atoms with Gasteiger partial charge in [0.1, 0.15) is 6.61 Å². The molecule has 0 unspecified atom stereocenters. The van der Waals surface area contributed by atoms with E-state index in [1.807, 2.05) is 30.3 Å². The van der Waals surface area contributed by atoms with Crippen molar-refractivity contribution in [3.05, 3.63) is 35.9 Å². The van der Waals surface area contributed by atoms with Crippen LogP contribution < -0.4 is 16.8 Å². The summed E-state index contributed by atoms with van der Waals surface area (Å²) < 4.78 is 5.05. The number of primary amides is 1. The molecule has 0 aliphatic heterocycles. The van der Waals surface area contributed by atoms with Crippen molar-refractivity contribution in [1.82, 2.24) is 5.32 Å². The number of nitrogens with one attached hydrogen (secondary N) is 1. The molecule has 1 rings (SSSR count). The molecule has 0 aliphatic rings. The number of benzene rings is 1. The first kappa shape index (κ1) is 16.0. The van der Waals surface area contributed by atoms with Crippen LogP contribution in [0.1, 0.15) is 24.8 Å². The number of alkyl carbamates (subject to hydrolysis) is 1. The zero-order valence-electron chi connectivity index (χ0n) is 11.4. The first-order valence-electron chi connectivity index (χ1n) is 6.59. The number of ether oxygens (including phenoxy) is 1. The van der Waals surface area contributed by atoms with Crippen LogP contribution in [-0.4, -0.2) is 24.6 Å². The average molecular weight is 279 g/mol. The number of carbonyl (C=O) groups is 2. The maximum absolute atomic E-state index is 11.4. The van der Waals surface area contributed by atoms with Gasteiger partial charge in [-0.1, -0.05) is 30.3 Å². The molecule has 0 fully saturated rings. The fourth-order valence-corrected chi connectivity index (χ4v) is 1.60. The normalized spacial score (nSPS) is 11.7. The molecule has 0 radical (unpaired) electrons. The number of rotatable bonds is 8. The van der Waals surface area contributed by atoms with E-state index in [1.165, 1.54) is 0 Å². The van der Waals surface area contributed by atoms with Gasteiger partial charge in [0.05, 0.1) is 6.04 Å². The van der Waals surface area contributed by atoms with Crippen LogP contribution in [0, 0.1) is 0 Å². The maximum Gasteiger partial charge on any atom is 0.407 e. The predicted molar refractivity (Wildman–Crippen MR) is 75.7 cm³/mol. The molecule has 0 spiro atoms. The van der Waals surface area contributed by atoms with E-state index >= 15 is 0 Å². The van der Waals surface area contributed by atoms with Gasteiger partial charge in [0.2, 0.25) is 5.91 Å². The summed E-state index contributed by atoms with van der Waals surface area (Å²) in [5.74, 6) is -0.500. The van der Waals surface area contributed by atoms with Crippen molar-refractivity contribution in [2.45, 2.75) is 31.9 Å². The highest BCUT2D eigenvalue weighted by Crippen LogP contribution is 2.01. The fourth-order valence-electron chi connectivity index (χ4n) is 1.60. The third kappa shape index (κ3) is 6.75. The second-order valence-corrected chi connectivity index (χ2v) is 4.49. The molecule has 6 heteroatoms. The Morgan fingerprint density at radius 1 is 1.20 bits per heavy atom. The third-order valence-electron chi connectivity index (χ3n) is 2.79. The van der Waals surface area contributed by atoms with Crippen molar-refractivity contribution >= 4 is 12.0 Å². The Bertz CT molecular complexity index is 423. The molecule has 6 nitrogen and oxygen atoms in total. The van der Waals surface area contributed by atoms with E-state index in [9.17, 15) is 9.59 Å². The highest BCUT2D eigenvalue weighted by atomic mass is 16.5. The lowest BCUT2D eigenvalue weighted by Crippen LogP contribution is -2.36. The quantitative estimate of drug-likeness (QED) is 0.614. The van der Waals surface area contributed by atoms with Crippen LogP contribution in [0.3, 0.4) is 0 Å². The van der Waals surface area contributed by atoms with E-state index in [-0.39, 0.29) is 6.61 Å². The number of nitrogens with two attached hydrogens (primary N) is 2. The Hall–Kier alpha value is -2.08. The zero-order valence-corrected chi connectivity index (χ0v) is 11.4. The van der Waals surface area contributed by atoms with Gasteiger partial charge in [-0.2, -0.15) is 0 Å². The molecule has 0 saturated carbocycles. The first-order valence-corrected chi connectivity index (χ1v) is 6.59. The number of hydrogen-bond acceptors (Lipinski definition) is 4. The highest BCUT2D eigenvalue weighted by molar-refractivity contribution is 5.79. The Kier molecular flexibility index (Phi) is 7.13. The number of carbonyl (C=O) groups excluding carboxylic acids is 2. The average Bonchev–Trinajstić information content (AvgIpc) is 2.45. The lowest BCUT2D eigenvalue weighted by atomic mass is 10.1. The first-order chi connectivity index (χ1) is 9.59. The van der Waals surface area contributed by atoms with E-state index in [2.05, 4.69) is 5.32 Å². The summed E-state index contributed by atoms with van der Waals surface area (Å²) in [5, 5.41) is 2.64. The number of amides is 2. The molecule has 0 aliphatic carbocycles. The summed E-state index contributed by atoms with van der Waals surface area (Å²) >= 11 is 0. The molecule has 0 heterocycles. The third-order valence-corrected chi connectivity index (χ3v) is 2.79. The van der Waals surface area contributed by atoms with Gasteiger partial charge in [-0.05, 0) is 24.8 Å². The van der Waals surface area contributed by atoms with E-state index in [1.54, 1.807) is 0 Å². The van der Waals surface area contributed by atoms with Gasteiger partial charge < -0.3 is 21.5 Å². The smallest absolute Gasteiger partial charge is 0.407 e. The summed E-state index contributed by atoms with van der Waals surface area (Å²) in [5.41, 5.74) is 11.5. The molecule has 5 N–H and O–H groups in total. The van der Waals surface area contributed by atoms with Gasteiger partial charge in [-0.25, -0.2) is 4.79 Å². The molecule has 2 amide bonds. The zero-order chi connectivity index (χ0) is 14.8. The van der Waals surface area contributed by atoms with E-state index in [4.69, 9.17) is 16.2 Å². The lowest BCUT2D eigenvalue weighted by molar-refractivity contribution is -0.119. The molecular weight excluding hydrogens is 258 g/mol. The van der Waals surface area contributed by atoms with Crippen molar-refractivity contribution in [2.24, 2.45) is 11.5 Å². The summed E-state index contributed by atoms with van der Waals surface area (Å²) in [6.45, 7) is 0.734. The Balaban J connectivity index is 2.05. The van der Waals surface area contributed by atoms with E-state index in [0.29, 0.717) is 13.0 Å². The Labute approximate surface area is 118 Å². The van der Waals surface area contributed by atoms with Crippen molar-refractivity contribution in [2.75, 3.05) is 6.54 Å². The molecule has 110 valence electrons. The predicted octanol–water partition coefficient (Wildman–Crippen LogP) is 0.896. The van der Waals surface area contributed by atoms with Crippen LogP contribution in [0.15, 0.2) is 30.3 Å². The summed E-state index contributed by atoms with van der Waals surface area (Å²) in [7, 11) is 0. The SMILES string of the molecule is NC(=O)[C@H](N)CCCCNC(=O)OCc1ccccc1. The Morgan fingerprint density at radius 2 is 1.90 bits per heavy atom. The van der Waals surface area contributed by atoms with Gasteiger partial charge >= 0.3 is 6.09 Å². The molecule has 20 heavy (non-hydrogen) atoms. The second kappa shape index (κ2) is 8.92. The topological polar surface area (TPSA) is 107 Å². The molecule has 0 aromatic heterocycles. The summed E-state index contributed by atoms with van der Waals surface area (Å²) in [4.78, 5) is 22.1. The minimum atomic E-state index is -0.611. The van der Waals surface area contributed by atoms with Crippen LogP contribution in [-0.2, 0) is 16.1 Å². The van der Waals surface area contributed by atoms with Gasteiger partial charge in [-0.3, -0.25) is 4.79 Å². The lowest BCUT2D eigenvalue weighted by Gasteiger charge is -2.08. The molecule has 1 aromatic rings. The summed E-state index contributed by atoms with van der Waals surface area (Å²) in [6.07, 6.45) is 1.52. The van der Waals surface area contributed by atoms with Crippen molar-refractivity contribution in [3.63, 3.8) is 0 Å².